The van der Waals surface area contributed by atoms with Crippen LogP contribution < -0.4 is 5.32 Å². The summed E-state index contributed by atoms with van der Waals surface area (Å²) in [6.45, 7) is 9.25. The number of benzene rings is 1. The van der Waals surface area contributed by atoms with Crippen molar-refractivity contribution in [3.05, 3.63) is 51.7 Å². The van der Waals surface area contributed by atoms with E-state index in [1.807, 2.05) is 25.1 Å². The summed E-state index contributed by atoms with van der Waals surface area (Å²) >= 11 is 1.60. The highest BCUT2D eigenvalue weighted by Crippen LogP contribution is 2.29. The van der Waals surface area contributed by atoms with E-state index in [0.717, 1.165) is 59.5 Å². The van der Waals surface area contributed by atoms with Crippen LogP contribution in [0.1, 0.15) is 34.3 Å². The van der Waals surface area contributed by atoms with Gasteiger partial charge in [-0.25, -0.2) is 4.98 Å². The number of hydrogen-bond acceptors (Lipinski definition) is 5. The maximum atomic E-state index is 12.7. The van der Waals surface area contributed by atoms with Crippen LogP contribution in [0.2, 0.25) is 0 Å². The van der Waals surface area contributed by atoms with Gasteiger partial charge < -0.3 is 5.32 Å². The molecule has 0 aliphatic carbocycles. The fraction of sp³-hybridized carbons (Fsp3) is 0.381. The van der Waals surface area contributed by atoms with Gasteiger partial charge in [0.25, 0.3) is 0 Å². The number of aromatic nitrogens is 2. The van der Waals surface area contributed by atoms with Gasteiger partial charge in [0.05, 0.1) is 17.6 Å². The number of hydrogen-bond donors (Lipinski definition) is 1. The van der Waals surface area contributed by atoms with Gasteiger partial charge in [0.15, 0.2) is 5.13 Å². The molecule has 0 saturated carbocycles. The van der Waals surface area contributed by atoms with Crippen LogP contribution >= 0.6 is 11.3 Å². The topological polar surface area (TPSA) is 58.1 Å². The molecule has 0 saturated heterocycles. The lowest BCUT2D eigenvalue weighted by atomic mass is 9.99. The third-order valence-electron chi connectivity index (χ3n) is 5.33. The highest BCUT2D eigenvalue weighted by molar-refractivity contribution is 7.15. The lowest BCUT2D eigenvalue weighted by Crippen LogP contribution is -2.29. The fourth-order valence-electron chi connectivity index (χ4n) is 3.73. The summed E-state index contributed by atoms with van der Waals surface area (Å²) in [5, 5.41) is 4.83. The molecule has 0 spiro atoms. The number of aryl methyl sites for hydroxylation is 2. The number of nitrogens with zero attached hydrogens (tertiary/aromatic N) is 3. The molecule has 0 bridgehead atoms. The minimum atomic E-state index is -0.0308. The molecule has 5 nitrogen and oxygen atoms in total. The predicted molar refractivity (Wildman–Crippen MR) is 110 cm³/mol. The van der Waals surface area contributed by atoms with E-state index in [1.165, 1.54) is 4.88 Å². The Morgan fingerprint density at radius 3 is 2.89 bits per heavy atom. The number of thiazole rings is 1. The number of anilines is 1. The minimum Gasteiger partial charge on any atom is -0.302 e. The number of rotatable bonds is 4. The van der Waals surface area contributed by atoms with Crippen molar-refractivity contribution in [1.82, 2.24) is 14.9 Å². The van der Waals surface area contributed by atoms with E-state index in [4.69, 9.17) is 0 Å². The molecule has 1 N–H and O–H groups in total. The van der Waals surface area contributed by atoms with Crippen LogP contribution in [0.5, 0.6) is 0 Å². The molecule has 27 heavy (non-hydrogen) atoms. The standard InChI is InChI=1S/C21H24N4OS/c1-4-25-10-9-18-19(12-25)27-21(23-18)24-20(26)11-16-13(2)15-7-5-6-8-17(15)22-14(16)3/h5-8H,4,9-12H2,1-3H3,(H,23,24,26). The molecule has 3 aromatic rings. The molecule has 0 fully saturated rings. The lowest BCUT2D eigenvalue weighted by Gasteiger charge is -2.23. The molecule has 1 aliphatic heterocycles. The van der Waals surface area contributed by atoms with Crippen molar-refractivity contribution in [3.8, 4) is 0 Å². The quantitative estimate of drug-likeness (QED) is 0.746. The monoisotopic (exact) mass is 380 g/mol. The zero-order chi connectivity index (χ0) is 19.0. The molecule has 1 aromatic carbocycles. The zero-order valence-corrected chi connectivity index (χ0v) is 16.8. The number of carbonyl (C=O) groups excluding carboxylic acids is 1. The highest BCUT2D eigenvalue weighted by atomic mass is 32.1. The lowest BCUT2D eigenvalue weighted by molar-refractivity contribution is -0.115. The number of likely N-dealkylation sites (N-methyl/N-ethyl adjacent to an activating group) is 1. The molecule has 140 valence electrons. The van der Waals surface area contributed by atoms with E-state index in [1.54, 1.807) is 11.3 Å². The van der Waals surface area contributed by atoms with E-state index in [2.05, 4.69) is 40.1 Å². The summed E-state index contributed by atoms with van der Waals surface area (Å²) in [5.74, 6) is -0.0308. The summed E-state index contributed by atoms with van der Waals surface area (Å²) in [6, 6.07) is 8.08. The largest absolute Gasteiger partial charge is 0.302 e. The molecular weight excluding hydrogens is 356 g/mol. The molecule has 0 atom stereocenters. The minimum absolute atomic E-state index is 0.0308. The summed E-state index contributed by atoms with van der Waals surface area (Å²) in [5.41, 5.74) is 5.16. The normalized spacial score (nSPS) is 14.3. The van der Waals surface area contributed by atoms with Crippen molar-refractivity contribution in [2.45, 2.75) is 40.2 Å². The third-order valence-corrected chi connectivity index (χ3v) is 6.32. The van der Waals surface area contributed by atoms with Crippen LogP contribution in [0.25, 0.3) is 10.9 Å². The maximum Gasteiger partial charge on any atom is 0.230 e. The van der Waals surface area contributed by atoms with Crippen LogP contribution in [0.4, 0.5) is 5.13 Å². The first-order valence-electron chi connectivity index (χ1n) is 9.40. The second-order valence-electron chi connectivity index (χ2n) is 7.05. The Hall–Kier alpha value is -2.31. The van der Waals surface area contributed by atoms with E-state index in [9.17, 15) is 4.79 Å². The molecule has 1 aliphatic rings. The van der Waals surface area contributed by atoms with Crippen molar-refractivity contribution in [3.63, 3.8) is 0 Å². The first-order chi connectivity index (χ1) is 13.0. The predicted octanol–water partition coefficient (Wildman–Crippen LogP) is 3.87. The highest BCUT2D eigenvalue weighted by Gasteiger charge is 2.21. The Morgan fingerprint density at radius 1 is 1.26 bits per heavy atom. The first-order valence-corrected chi connectivity index (χ1v) is 10.2. The van der Waals surface area contributed by atoms with Gasteiger partial charge in [-0.15, -0.1) is 11.3 Å². The molecular formula is C21H24N4OS. The van der Waals surface area contributed by atoms with Crippen molar-refractivity contribution >= 4 is 33.3 Å². The van der Waals surface area contributed by atoms with E-state index < -0.39 is 0 Å². The molecule has 1 amide bonds. The number of carbonyl (C=O) groups is 1. The Labute approximate surface area is 163 Å². The number of para-hydroxylation sites is 1. The molecule has 4 rings (SSSR count). The zero-order valence-electron chi connectivity index (χ0n) is 16.0. The molecule has 2 aromatic heterocycles. The van der Waals surface area contributed by atoms with Gasteiger partial charge in [0.2, 0.25) is 5.91 Å². The van der Waals surface area contributed by atoms with Crippen molar-refractivity contribution in [2.24, 2.45) is 0 Å². The number of nitrogens with one attached hydrogen (secondary N) is 1. The Balaban J connectivity index is 1.52. The molecule has 0 unspecified atom stereocenters. The second kappa shape index (κ2) is 7.37. The van der Waals surface area contributed by atoms with Crippen LogP contribution in [-0.2, 0) is 24.2 Å². The summed E-state index contributed by atoms with van der Waals surface area (Å²) in [7, 11) is 0. The Kier molecular flexibility index (Phi) is 4.93. The fourth-order valence-corrected chi connectivity index (χ4v) is 4.79. The average molecular weight is 381 g/mol. The molecule has 0 radical (unpaired) electrons. The van der Waals surface area contributed by atoms with Gasteiger partial charge >= 0.3 is 0 Å². The second-order valence-corrected chi connectivity index (χ2v) is 8.13. The number of amides is 1. The van der Waals surface area contributed by atoms with Gasteiger partial charge in [-0.2, -0.15) is 0 Å². The third kappa shape index (κ3) is 3.59. The first kappa shape index (κ1) is 18.1. The van der Waals surface area contributed by atoms with Gasteiger partial charge in [-0.05, 0) is 37.6 Å². The number of fused-ring (bicyclic) bond motifs is 2. The van der Waals surface area contributed by atoms with Gasteiger partial charge in [-0.1, -0.05) is 25.1 Å². The Morgan fingerprint density at radius 2 is 2.07 bits per heavy atom. The average Bonchev–Trinajstić information content (AvgIpc) is 3.06. The molecule has 6 heteroatoms. The van der Waals surface area contributed by atoms with Gasteiger partial charge in [0.1, 0.15) is 0 Å². The van der Waals surface area contributed by atoms with Crippen molar-refractivity contribution in [1.29, 1.82) is 0 Å². The van der Waals surface area contributed by atoms with Gasteiger partial charge in [0, 0.05) is 35.5 Å². The summed E-state index contributed by atoms with van der Waals surface area (Å²) in [6.07, 6.45) is 1.28. The van der Waals surface area contributed by atoms with Crippen LogP contribution in [0.3, 0.4) is 0 Å². The van der Waals surface area contributed by atoms with E-state index in [-0.39, 0.29) is 5.91 Å². The Bertz CT molecular complexity index is 1010. The van der Waals surface area contributed by atoms with Crippen LogP contribution in [0.15, 0.2) is 24.3 Å². The van der Waals surface area contributed by atoms with Crippen LogP contribution in [-0.4, -0.2) is 33.9 Å². The van der Waals surface area contributed by atoms with Crippen LogP contribution in [0, 0.1) is 13.8 Å². The van der Waals surface area contributed by atoms with Crippen molar-refractivity contribution in [2.75, 3.05) is 18.4 Å². The van der Waals surface area contributed by atoms with E-state index in [0.29, 0.717) is 11.6 Å². The smallest absolute Gasteiger partial charge is 0.230 e. The summed E-state index contributed by atoms with van der Waals surface area (Å²) < 4.78 is 0. The SMILES string of the molecule is CCN1CCc2nc(NC(=O)Cc3c(C)nc4ccccc4c3C)sc2C1. The van der Waals surface area contributed by atoms with Crippen molar-refractivity contribution < 1.29 is 4.79 Å². The molecule has 3 heterocycles. The van der Waals surface area contributed by atoms with Gasteiger partial charge in [-0.3, -0.25) is 14.7 Å². The maximum absolute atomic E-state index is 12.7. The number of pyridine rings is 1. The van der Waals surface area contributed by atoms with E-state index >= 15 is 0 Å². The summed E-state index contributed by atoms with van der Waals surface area (Å²) in [4.78, 5) is 25.7.